The van der Waals surface area contributed by atoms with Crippen molar-refractivity contribution in [3.8, 4) is 0 Å². The van der Waals surface area contributed by atoms with Crippen LogP contribution in [0, 0.1) is 33.5 Å². The zero-order valence-electron chi connectivity index (χ0n) is 20.5. The molecule has 4 rings (SSSR count). The highest BCUT2D eigenvalue weighted by Gasteiger charge is 2.61. The highest BCUT2D eigenvalue weighted by Crippen LogP contribution is 2.66. The smallest absolute Gasteiger partial charge is 0.0129 e. The lowest BCUT2D eigenvalue weighted by molar-refractivity contribution is 0.121. The van der Waals surface area contributed by atoms with E-state index in [0.717, 1.165) is 23.9 Å². The molecule has 0 heterocycles. The third kappa shape index (κ3) is 3.43. The monoisotopic (exact) mass is 402 g/mol. The van der Waals surface area contributed by atoms with E-state index < -0.39 is 0 Å². The zero-order chi connectivity index (χ0) is 20.9. The fraction of sp³-hybridized carbons (Fsp3) is 1.00. The summed E-state index contributed by atoms with van der Waals surface area (Å²) >= 11 is 0. The molecule has 6 atom stereocenters. The molecule has 0 unspecified atom stereocenters. The first-order valence-electron chi connectivity index (χ1n) is 13.1. The molecule has 0 radical (unpaired) electrons. The molecule has 4 bridgehead atoms. The van der Waals surface area contributed by atoms with Crippen LogP contribution < -0.4 is 10.6 Å². The van der Waals surface area contributed by atoms with Gasteiger partial charge in [0.2, 0.25) is 0 Å². The summed E-state index contributed by atoms with van der Waals surface area (Å²) in [7, 11) is 0. The first-order valence-corrected chi connectivity index (χ1v) is 13.1. The number of hydrogen-bond acceptors (Lipinski definition) is 2. The van der Waals surface area contributed by atoms with Crippen LogP contribution in [0.5, 0.6) is 0 Å². The van der Waals surface area contributed by atoms with Crippen molar-refractivity contribution in [3.63, 3.8) is 0 Å². The van der Waals surface area contributed by atoms with Gasteiger partial charge in [-0.2, -0.15) is 0 Å². The van der Waals surface area contributed by atoms with E-state index in [2.05, 4.69) is 52.2 Å². The van der Waals surface area contributed by atoms with Crippen LogP contribution in [0.4, 0.5) is 0 Å². The predicted octanol–water partition coefficient (Wildman–Crippen LogP) is 6.55. The lowest BCUT2D eigenvalue weighted by Crippen LogP contribution is -2.44. The fourth-order valence-electron chi connectivity index (χ4n) is 8.36. The van der Waals surface area contributed by atoms with Crippen molar-refractivity contribution in [2.45, 2.75) is 124 Å². The topological polar surface area (TPSA) is 24.1 Å². The maximum absolute atomic E-state index is 3.96. The van der Waals surface area contributed by atoms with Gasteiger partial charge in [0.1, 0.15) is 0 Å². The third-order valence-electron chi connectivity index (χ3n) is 11.7. The number of rotatable bonds is 10. The molecule has 0 spiro atoms. The van der Waals surface area contributed by atoms with Gasteiger partial charge in [0.15, 0.2) is 0 Å². The molecule has 0 aromatic rings. The molecule has 2 heteroatoms. The molecule has 2 nitrogen and oxygen atoms in total. The van der Waals surface area contributed by atoms with E-state index in [4.69, 9.17) is 0 Å². The van der Waals surface area contributed by atoms with Gasteiger partial charge in [-0.3, -0.25) is 0 Å². The van der Waals surface area contributed by atoms with Gasteiger partial charge in [0, 0.05) is 12.1 Å². The summed E-state index contributed by atoms with van der Waals surface area (Å²) in [6, 6.07) is 1.54. The number of hydrogen-bond donors (Lipinski definition) is 2. The Morgan fingerprint density at radius 3 is 1.28 bits per heavy atom. The van der Waals surface area contributed by atoms with E-state index in [1.807, 2.05) is 0 Å². The first kappa shape index (κ1) is 22.1. The van der Waals surface area contributed by atoms with Gasteiger partial charge in [0.25, 0.3) is 0 Å². The molecule has 4 aliphatic rings. The van der Waals surface area contributed by atoms with E-state index in [0.29, 0.717) is 21.7 Å². The Morgan fingerprint density at radius 1 is 0.586 bits per heavy atom. The Balaban J connectivity index is 1.05. The molecule has 168 valence electrons. The minimum atomic E-state index is 0.536. The minimum Gasteiger partial charge on any atom is -0.313 e. The first-order chi connectivity index (χ1) is 13.6. The molecule has 0 aliphatic heterocycles. The molecule has 4 saturated carbocycles. The summed E-state index contributed by atoms with van der Waals surface area (Å²) in [5.74, 6) is 1.92. The van der Waals surface area contributed by atoms with Crippen LogP contribution in [0.3, 0.4) is 0 Å². The summed E-state index contributed by atoms with van der Waals surface area (Å²) in [6.45, 7) is 17.7. The molecular formula is C27H50N2. The van der Waals surface area contributed by atoms with Crippen LogP contribution in [0.25, 0.3) is 0 Å². The normalized spacial score (nSPS) is 44.1. The highest BCUT2D eigenvalue weighted by molar-refractivity contribution is 5.13. The lowest BCUT2D eigenvalue weighted by atomic mass is 9.69. The van der Waals surface area contributed by atoms with Crippen molar-refractivity contribution >= 4 is 0 Å². The number of nitrogens with one attached hydrogen (secondary N) is 2. The van der Waals surface area contributed by atoms with Crippen LogP contribution in [0.1, 0.15) is 112 Å². The standard InChI is InChI=1S/C27H50N2/c1-24(2)20-12-14-26(24,5)22(18-20)28-16-10-8-7-9-11-17-29-23-19-21-13-15-27(23,6)25(21,3)4/h20-23,28-29H,7-19H2,1-6H3/t20-,21-,22-,23-,26+,27+/m1/s1. The summed E-state index contributed by atoms with van der Waals surface area (Å²) < 4.78 is 0. The fourth-order valence-corrected chi connectivity index (χ4v) is 8.36. The lowest BCUT2D eigenvalue weighted by Gasteiger charge is -2.39. The highest BCUT2D eigenvalue weighted by atomic mass is 15.0. The minimum absolute atomic E-state index is 0.536. The molecule has 4 fully saturated rings. The molecule has 0 amide bonds. The average molecular weight is 403 g/mol. The van der Waals surface area contributed by atoms with Gasteiger partial charge >= 0.3 is 0 Å². The second-order valence-corrected chi connectivity index (χ2v) is 13.0. The molecular weight excluding hydrogens is 352 g/mol. The Hall–Kier alpha value is -0.0800. The Morgan fingerprint density at radius 2 is 0.966 bits per heavy atom. The van der Waals surface area contributed by atoms with Gasteiger partial charge in [-0.1, -0.05) is 60.8 Å². The van der Waals surface area contributed by atoms with E-state index >= 15 is 0 Å². The molecule has 29 heavy (non-hydrogen) atoms. The van der Waals surface area contributed by atoms with Crippen LogP contribution in [-0.4, -0.2) is 25.2 Å². The summed E-state index contributed by atoms with van der Waals surface area (Å²) in [5.41, 5.74) is 2.16. The average Bonchev–Trinajstić information content (AvgIpc) is 3.18. The van der Waals surface area contributed by atoms with Crippen molar-refractivity contribution < 1.29 is 0 Å². The Bertz CT molecular complexity index is 531. The Labute approximate surface area is 181 Å². The van der Waals surface area contributed by atoms with E-state index in [1.165, 1.54) is 83.7 Å². The van der Waals surface area contributed by atoms with E-state index in [9.17, 15) is 0 Å². The van der Waals surface area contributed by atoms with Crippen molar-refractivity contribution in [2.75, 3.05) is 13.1 Å². The van der Waals surface area contributed by atoms with Crippen LogP contribution in [-0.2, 0) is 0 Å². The van der Waals surface area contributed by atoms with Crippen molar-refractivity contribution in [1.82, 2.24) is 10.6 Å². The van der Waals surface area contributed by atoms with Gasteiger partial charge in [-0.05, 0) is 98.0 Å². The summed E-state index contributed by atoms with van der Waals surface area (Å²) in [6.07, 6.45) is 15.6. The molecule has 2 N–H and O–H groups in total. The third-order valence-corrected chi connectivity index (χ3v) is 11.7. The van der Waals surface area contributed by atoms with E-state index in [-0.39, 0.29) is 0 Å². The van der Waals surface area contributed by atoms with Crippen LogP contribution in [0.15, 0.2) is 0 Å². The largest absolute Gasteiger partial charge is 0.313 e. The predicted molar refractivity (Wildman–Crippen MR) is 125 cm³/mol. The zero-order valence-corrected chi connectivity index (χ0v) is 20.5. The second kappa shape index (κ2) is 7.80. The van der Waals surface area contributed by atoms with Crippen molar-refractivity contribution in [2.24, 2.45) is 33.5 Å². The summed E-state index contributed by atoms with van der Waals surface area (Å²) in [5, 5.41) is 7.93. The molecule has 0 aromatic carbocycles. The molecule has 4 aliphatic carbocycles. The van der Waals surface area contributed by atoms with Gasteiger partial charge in [-0.15, -0.1) is 0 Å². The van der Waals surface area contributed by atoms with E-state index in [1.54, 1.807) is 0 Å². The second-order valence-electron chi connectivity index (χ2n) is 13.0. The maximum atomic E-state index is 3.96. The van der Waals surface area contributed by atoms with Crippen molar-refractivity contribution in [1.29, 1.82) is 0 Å². The molecule has 0 saturated heterocycles. The SMILES string of the molecule is CC1(C)[C@@H]2CC[C@@]1(C)[C@H](NCCCCCCCN[C@@H]1C[C@H]3CC[C@]1(C)C3(C)C)C2. The maximum Gasteiger partial charge on any atom is 0.0129 e. The van der Waals surface area contributed by atoms with Crippen LogP contribution in [0.2, 0.25) is 0 Å². The summed E-state index contributed by atoms with van der Waals surface area (Å²) in [4.78, 5) is 0. The Kier molecular flexibility index (Phi) is 5.95. The van der Waals surface area contributed by atoms with Gasteiger partial charge < -0.3 is 10.6 Å². The van der Waals surface area contributed by atoms with Crippen LogP contribution >= 0.6 is 0 Å². The number of fused-ring (bicyclic) bond motifs is 4. The molecule has 0 aromatic heterocycles. The van der Waals surface area contributed by atoms with Crippen molar-refractivity contribution in [3.05, 3.63) is 0 Å². The van der Waals surface area contributed by atoms with Gasteiger partial charge in [0.05, 0.1) is 0 Å². The van der Waals surface area contributed by atoms with Gasteiger partial charge in [-0.25, -0.2) is 0 Å². The number of unbranched alkanes of at least 4 members (excludes halogenated alkanes) is 4. The quantitative estimate of drug-likeness (QED) is 0.405.